The van der Waals surface area contributed by atoms with Gasteiger partial charge in [-0.25, -0.2) is 4.79 Å². The Morgan fingerprint density at radius 3 is 2.52 bits per heavy atom. The van der Waals surface area contributed by atoms with Crippen LogP contribution in [-0.4, -0.2) is 25.5 Å². The van der Waals surface area contributed by atoms with E-state index in [1.54, 1.807) is 38.3 Å². The molecule has 2 N–H and O–H groups in total. The van der Waals surface area contributed by atoms with Crippen LogP contribution >= 0.6 is 0 Å². The van der Waals surface area contributed by atoms with Gasteiger partial charge in [0.1, 0.15) is 0 Å². The molecule has 2 aromatic rings. The Kier molecular flexibility index (Phi) is 5.45. The van der Waals surface area contributed by atoms with Crippen molar-refractivity contribution in [3.63, 3.8) is 0 Å². The predicted octanol–water partition coefficient (Wildman–Crippen LogP) is 3.60. The summed E-state index contributed by atoms with van der Waals surface area (Å²) < 4.78 is 11.0. The van der Waals surface area contributed by atoms with Crippen LogP contribution in [0.4, 0.5) is 4.79 Å². The first kappa shape index (κ1) is 18.5. The van der Waals surface area contributed by atoms with Gasteiger partial charge in [-0.1, -0.05) is 36.4 Å². The van der Waals surface area contributed by atoms with Crippen LogP contribution in [0.5, 0.6) is 11.5 Å². The van der Waals surface area contributed by atoms with Crippen molar-refractivity contribution in [3.05, 3.63) is 70.9 Å². The molecule has 140 valence electrons. The van der Waals surface area contributed by atoms with Gasteiger partial charge < -0.3 is 20.1 Å². The maximum absolute atomic E-state index is 13.1. The molecule has 1 atom stereocenters. The second-order valence-electron chi connectivity index (χ2n) is 6.11. The maximum atomic E-state index is 13.1. The summed E-state index contributed by atoms with van der Waals surface area (Å²) in [6.45, 7) is 4.13. The molecule has 0 aromatic heterocycles. The molecule has 6 heteroatoms. The van der Waals surface area contributed by atoms with E-state index in [-0.39, 0.29) is 11.8 Å². The third-order valence-corrected chi connectivity index (χ3v) is 4.37. The molecule has 1 aliphatic heterocycles. The molecule has 27 heavy (non-hydrogen) atoms. The van der Waals surface area contributed by atoms with Gasteiger partial charge in [0.15, 0.2) is 17.3 Å². The van der Waals surface area contributed by atoms with Gasteiger partial charge in [-0.05, 0) is 31.5 Å². The Morgan fingerprint density at radius 2 is 1.85 bits per heavy atom. The Hall–Kier alpha value is -3.28. The number of carbonyl (C=O) groups is 2. The van der Waals surface area contributed by atoms with Gasteiger partial charge in [0.25, 0.3) is 0 Å². The Labute approximate surface area is 158 Å². The number of ether oxygens (including phenoxy) is 2. The van der Waals surface area contributed by atoms with Crippen LogP contribution in [0.2, 0.25) is 0 Å². The minimum Gasteiger partial charge on any atom is -0.493 e. The van der Waals surface area contributed by atoms with E-state index in [1.165, 1.54) is 0 Å². The monoisotopic (exact) mass is 366 g/mol. The number of benzene rings is 2. The molecule has 0 saturated carbocycles. The molecule has 0 unspecified atom stereocenters. The summed E-state index contributed by atoms with van der Waals surface area (Å²) in [7, 11) is 1.56. The van der Waals surface area contributed by atoms with Crippen LogP contribution in [0.1, 0.15) is 35.8 Å². The quantitative estimate of drug-likeness (QED) is 0.766. The van der Waals surface area contributed by atoms with E-state index in [9.17, 15) is 9.59 Å². The van der Waals surface area contributed by atoms with Gasteiger partial charge in [0.2, 0.25) is 0 Å². The minimum atomic E-state index is -0.587. The van der Waals surface area contributed by atoms with E-state index in [1.807, 2.05) is 31.2 Å². The number of urea groups is 1. The van der Waals surface area contributed by atoms with Crippen LogP contribution in [-0.2, 0) is 0 Å². The summed E-state index contributed by atoms with van der Waals surface area (Å²) in [5.74, 6) is 1.02. The zero-order valence-electron chi connectivity index (χ0n) is 15.5. The summed E-state index contributed by atoms with van der Waals surface area (Å²) in [5.41, 5.74) is 2.33. The smallest absolute Gasteiger partial charge is 0.319 e. The molecule has 2 amide bonds. The number of carbonyl (C=O) groups excluding carboxylic acids is 2. The molecule has 0 bridgehead atoms. The normalized spacial score (nSPS) is 16.4. The Balaban J connectivity index is 2.05. The first-order valence-electron chi connectivity index (χ1n) is 8.74. The largest absolute Gasteiger partial charge is 0.493 e. The Morgan fingerprint density at radius 1 is 1.11 bits per heavy atom. The predicted molar refractivity (Wildman–Crippen MR) is 102 cm³/mol. The second kappa shape index (κ2) is 7.95. The van der Waals surface area contributed by atoms with E-state index in [0.29, 0.717) is 34.9 Å². The molecule has 0 spiro atoms. The van der Waals surface area contributed by atoms with Gasteiger partial charge in [0, 0.05) is 16.8 Å². The molecule has 2 aromatic carbocycles. The van der Waals surface area contributed by atoms with Crippen molar-refractivity contribution in [2.75, 3.05) is 13.7 Å². The standard InChI is InChI=1S/C21H22N2O4/c1-4-27-16-11-10-15(12-17(16)26-3)19-18(13(2)22-21(25)23-19)20(24)14-8-6-5-7-9-14/h5-12,19H,4H2,1-3H3,(H2,22,23,25)/t19-/m0/s1. The van der Waals surface area contributed by atoms with Crippen LogP contribution in [0.15, 0.2) is 59.8 Å². The molecular formula is C21H22N2O4. The minimum absolute atomic E-state index is 0.140. The average Bonchev–Trinajstić information content (AvgIpc) is 2.68. The fourth-order valence-electron chi connectivity index (χ4n) is 3.13. The number of ketones is 1. The summed E-state index contributed by atoms with van der Waals surface area (Å²) in [5, 5.41) is 5.53. The molecule has 0 saturated heterocycles. The van der Waals surface area contributed by atoms with Gasteiger partial charge in [-0.15, -0.1) is 0 Å². The molecule has 1 heterocycles. The topological polar surface area (TPSA) is 76.7 Å². The lowest BCUT2D eigenvalue weighted by Gasteiger charge is -2.29. The molecule has 0 aliphatic carbocycles. The van der Waals surface area contributed by atoms with Gasteiger partial charge >= 0.3 is 6.03 Å². The van der Waals surface area contributed by atoms with Crippen molar-refractivity contribution in [2.45, 2.75) is 19.9 Å². The van der Waals surface area contributed by atoms with Gasteiger partial charge in [-0.3, -0.25) is 4.79 Å². The van der Waals surface area contributed by atoms with Crippen molar-refractivity contribution in [3.8, 4) is 11.5 Å². The lowest BCUT2D eigenvalue weighted by atomic mass is 9.89. The molecule has 3 rings (SSSR count). The summed E-state index contributed by atoms with van der Waals surface area (Å²) >= 11 is 0. The molecular weight excluding hydrogens is 344 g/mol. The number of amides is 2. The molecule has 0 radical (unpaired) electrons. The molecule has 6 nitrogen and oxygen atoms in total. The molecule has 0 fully saturated rings. The fraction of sp³-hybridized carbons (Fsp3) is 0.238. The summed E-state index contributed by atoms with van der Waals surface area (Å²) in [6.07, 6.45) is 0. The average molecular weight is 366 g/mol. The Bertz CT molecular complexity index is 890. The third kappa shape index (κ3) is 3.79. The van der Waals surface area contributed by atoms with E-state index in [2.05, 4.69) is 10.6 Å². The summed E-state index contributed by atoms with van der Waals surface area (Å²) in [6, 6.07) is 13.5. The van der Waals surface area contributed by atoms with Crippen molar-refractivity contribution in [1.29, 1.82) is 0 Å². The van der Waals surface area contributed by atoms with Crippen molar-refractivity contribution in [1.82, 2.24) is 10.6 Å². The lowest BCUT2D eigenvalue weighted by molar-refractivity contribution is 0.102. The van der Waals surface area contributed by atoms with Gasteiger partial charge in [-0.2, -0.15) is 0 Å². The van der Waals surface area contributed by atoms with Gasteiger partial charge in [0.05, 0.1) is 19.8 Å². The highest BCUT2D eigenvalue weighted by Gasteiger charge is 2.32. The number of methoxy groups -OCH3 is 1. The zero-order valence-corrected chi connectivity index (χ0v) is 15.5. The van der Waals surface area contributed by atoms with E-state index in [4.69, 9.17) is 9.47 Å². The number of hydrogen-bond acceptors (Lipinski definition) is 4. The lowest BCUT2D eigenvalue weighted by Crippen LogP contribution is -2.45. The molecule has 1 aliphatic rings. The van der Waals surface area contributed by atoms with Crippen LogP contribution in [0.25, 0.3) is 0 Å². The zero-order chi connectivity index (χ0) is 19.4. The van der Waals surface area contributed by atoms with Crippen LogP contribution in [0, 0.1) is 0 Å². The summed E-state index contributed by atoms with van der Waals surface area (Å²) in [4.78, 5) is 25.2. The highest BCUT2D eigenvalue weighted by atomic mass is 16.5. The second-order valence-corrected chi connectivity index (χ2v) is 6.11. The first-order chi connectivity index (χ1) is 13.0. The first-order valence-corrected chi connectivity index (χ1v) is 8.74. The maximum Gasteiger partial charge on any atom is 0.319 e. The van der Waals surface area contributed by atoms with E-state index < -0.39 is 6.04 Å². The van der Waals surface area contributed by atoms with Crippen LogP contribution < -0.4 is 20.1 Å². The van der Waals surface area contributed by atoms with Crippen molar-refractivity contribution in [2.24, 2.45) is 0 Å². The number of Topliss-reactive ketones (excluding diaryl/α,β-unsaturated/α-hetero) is 1. The number of allylic oxidation sites excluding steroid dienone is 1. The highest BCUT2D eigenvalue weighted by Crippen LogP contribution is 2.35. The van der Waals surface area contributed by atoms with Crippen LogP contribution in [0.3, 0.4) is 0 Å². The van der Waals surface area contributed by atoms with Crippen molar-refractivity contribution >= 4 is 11.8 Å². The number of hydrogen-bond donors (Lipinski definition) is 2. The highest BCUT2D eigenvalue weighted by molar-refractivity contribution is 6.11. The number of nitrogens with one attached hydrogen (secondary N) is 2. The SMILES string of the molecule is CCOc1ccc([C@@H]2NC(=O)NC(C)=C2C(=O)c2ccccc2)cc1OC. The third-order valence-electron chi connectivity index (χ3n) is 4.37. The fourth-order valence-corrected chi connectivity index (χ4v) is 3.13. The van der Waals surface area contributed by atoms with Crippen molar-refractivity contribution < 1.29 is 19.1 Å². The number of rotatable bonds is 6. The van der Waals surface area contributed by atoms with E-state index >= 15 is 0 Å². The van der Waals surface area contributed by atoms with E-state index in [0.717, 1.165) is 5.56 Å².